The van der Waals surface area contributed by atoms with Crippen LogP contribution in [0.5, 0.6) is 0 Å². The third kappa shape index (κ3) is 5.15. The number of benzene rings is 1. The minimum atomic E-state index is -0.0863. The van der Waals surface area contributed by atoms with Crippen LogP contribution in [0.1, 0.15) is 30.9 Å². The maximum absolute atomic E-state index is 6.07. The SMILES string of the molecule is CSCOCC(OC1CCCCO1)c1ccccc1. The summed E-state index contributed by atoms with van der Waals surface area (Å²) in [6.45, 7) is 1.38. The Bertz CT molecular complexity index is 339. The summed E-state index contributed by atoms with van der Waals surface area (Å²) in [5, 5.41) is 0. The van der Waals surface area contributed by atoms with E-state index in [1.165, 1.54) is 6.42 Å². The van der Waals surface area contributed by atoms with E-state index in [4.69, 9.17) is 14.2 Å². The van der Waals surface area contributed by atoms with Gasteiger partial charge in [0.25, 0.3) is 0 Å². The van der Waals surface area contributed by atoms with Crippen molar-refractivity contribution in [2.24, 2.45) is 0 Å². The minimum absolute atomic E-state index is 0.0450. The van der Waals surface area contributed by atoms with Crippen molar-refractivity contribution in [2.45, 2.75) is 31.7 Å². The van der Waals surface area contributed by atoms with E-state index in [1.54, 1.807) is 11.8 Å². The Labute approximate surface area is 119 Å². The number of ether oxygens (including phenoxy) is 3. The van der Waals surface area contributed by atoms with E-state index in [1.807, 2.05) is 24.5 Å². The van der Waals surface area contributed by atoms with Crippen LogP contribution in [0.3, 0.4) is 0 Å². The second-order valence-electron chi connectivity index (χ2n) is 4.61. The summed E-state index contributed by atoms with van der Waals surface area (Å²) in [7, 11) is 0. The molecule has 0 spiro atoms. The van der Waals surface area contributed by atoms with E-state index in [0.29, 0.717) is 12.5 Å². The Morgan fingerprint density at radius 1 is 1.32 bits per heavy atom. The van der Waals surface area contributed by atoms with Crippen LogP contribution in [0.2, 0.25) is 0 Å². The Hall–Kier alpha value is -0.550. The zero-order chi connectivity index (χ0) is 13.3. The van der Waals surface area contributed by atoms with Crippen LogP contribution >= 0.6 is 11.8 Å². The van der Waals surface area contributed by atoms with E-state index in [9.17, 15) is 0 Å². The van der Waals surface area contributed by atoms with Crippen molar-refractivity contribution in [1.82, 2.24) is 0 Å². The van der Waals surface area contributed by atoms with Gasteiger partial charge in [0.05, 0.1) is 12.5 Å². The van der Waals surface area contributed by atoms with E-state index in [2.05, 4.69) is 12.1 Å². The summed E-state index contributed by atoms with van der Waals surface area (Å²) in [6.07, 6.45) is 5.19. The Kier molecular flexibility index (Phi) is 6.71. The van der Waals surface area contributed by atoms with E-state index >= 15 is 0 Å². The number of thioether (sulfide) groups is 1. The fraction of sp³-hybridized carbons (Fsp3) is 0.600. The monoisotopic (exact) mass is 282 g/mol. The molecular formula is C15H22O3S. The summed E-state index contributed by atoms with van der Waals surface area (Å²) in [5.74, 6) is 0.693. The third-order valence-electron chi connectivity index (χ3n) is 3.10. The largest absolute Gasteiger partial charge is 0.368 e. The average Bonchev–Trinajstić information content (AvgIpc) is 2.48. The first-order chi connectivity index (χ1) is 9.40. The first-order valence-corrected chi connectivity index (χ1v) is 8.18. The van der Waals surface area contributed by atoms with Crippen molar-refractivity contribution in [3.8, 4) is 0 Å². The van der Waals surface area contributed by atoms with Crippen LogP contribution < -0.4 is 0 Å². The number of hydrogen-bond donors (Lipinski definition) is 0. The molecule has 1 aromatic rings. The van der Waals surface area contributed by atoms with Gasteiger partial charge in [-0.3, -0.25) is 0 Å². The van der Waals surface area contributed by atoms with Gasteiger partial charge >= 0.3 is 0 Å². The maximum Gasteiger partial charge on any atom is 0.158 e. The molecule has 4 heteroatoms. The first kappa shape index (κ1) is 14.9. The molecule has 0 amide bonds. The zero-order valence-electron chi connectivity index (χ0n) is 11.4. The summed E-state index contributed by atoms with van der Waals surface area (Å²) in [4.78, 5) is 0. The Balaban J connectivity index is 1.92. The van der Waals surface area contributed by atoms with Crippen molar-refractivity contribution in [1.29, 1.82) is 0 Å². The zero-order valence-corrected chi connectivity index (χ0v) is 12.2. The molecule has 1 aromatic carbocycles. The van der Waals surface area contributed by atoms with Crippen molar-refractivity contribution < 1.29 is 14.2 Å². The molecule has 0 N–H and O–H groups in total. The Morgan fingerprint density at radius 2 is 2.16 bits per heavy atom. The molecule has 2 unspecified atom stereocenters. The van der Waals surface area contributed by atoms with Crippen LogP contribution in [0.15, 0.2) is 30.3 Å². The highest BCUT2D eigenvalue weighted by Crippen LogP contribution is 2.24. The van der Waals surface area contributed by atoms with Gasteiger partial charge in [0, 0.05) is 6.61 Å². The summed E-state index contributed by atoms with van der Waals surface area (Å²) >= 11 is 1.68. The lowest BCUT2D eigenvalue weighted by Crippen LogP contribution is -2.26. The van der Waals surface area contributed by atoms with Crippen molar-refractivity contribution >= 4 is 11.8 Å². The smallest absolute Gasteiger partial charge is 0.158 e. The van der Waals surface area contributed by atoms with Gasteiger partial charge < -0.3 is 14.2 Å². The van der Waals surface area contributed by atoms with Gasteiger partial charge in [0.1, 0.15) is 6.10 Å². The van der Waals surface area contributed by atoms with Crippen molar-refractivity contribution in [2.75, 3.05) is 25.4 Å². The molecule has 0 radical (unpaired) electrons. The van der Waals surface area contributed by atoms with Gasteiger partial charge in [-0.15, -0.1) is 11.8 Å². The third-order valence-corrected chi connectivity index (χ3v) is 3.50. The molecule has 1 saturated heterocycles. The molecule has 1 aliphatic rings. The standard InChI is InChI=1S/C15H22O3S/c1-19-12-16-11-14(13-7-3-2-4-8-13)18-15-9-5-6-10-17-15/h2-4,7-8,14-15H,5-6,9-12H2,1H3. The van der Waals surface area contributed by atoms with Gasteiger partial charge in [-0.1, -0.05) is 30.3 Å². The second-order valence-corrected chi connectivity index (χ2v) is 5.42. The highest BCUT2D eigenvalue weighted by Gasteiger charge is 2.21. The Morgan fingerprint density at radius 3 is 2.84 bits per heavy atom. The van der Waals surface area contributed by atoms with Gasteiger partial charge in [-0.2, -0.15) is 0 Å². The van der Waals surface area contributed by atoms with Gasteiger partial charge in [0.15, 0.2) is 6.29 Å². The van der Waals surface area contributed by atoms with Crippen LogP contribution in [0, 0.1) is 0 Å². The normalized spacial score (nSPS) is 21.2. The predicted octanol–water partition coefficient (Wildman–Crippen LogP) is 3.61. The molecule has 2 atom stereocenters. The number of rotatable bonds is 7. The average molecular weight is 282 g/mol. The highest BCUT2D eigenvalue weighted by molar-refractivity contribution is 7.98. The molecule has 3 nitrogen and oxygen atoms in total. The van der Waals surface area contributed by atoms with Crippen LogP contribution in [-0.4, -0.2) is 31.7 Å². The van der Waals surface area contributed by atoms with Gasteiger partial charge in [-0.25, -0.2) is 0 Å². The summed E-state index contributed by atoms with van der Waals surface area (Å²) < 4.78 is 17.3. The first-order valence-electron chi connectivity index (χ1n) is 6.79. The topological polar surface area (TPSA) is 27.7 Å². The highest BCUT2D eigenvalue weighted by atomic mass is 32.2. The molecule has 2 rings (SSSR count). The fourth-order valence-corrected chi connectivity index (χ4v) is 2.38. The molecule has 0 aromatic heterocycles. The lowest BCUT2D eigenvalue weighted by molar-refractivity contribution is -0.198. The summed E-state index contributed by atoms with van der Waals surface area (Å²) in [5.41, 5.74) is 1.15. The van der Waals surface area contributed by atoms with Crippen LogP contribution in [0.25, 0.3) is 0 Å². The molecule has 1 aliphatic heterocycles. The second kappa shape index (κ2) is 8.59. The van der Waals surface area contributed by atoms with E-state index < -0.39 is 0 Å². The molecule has 0 saturated carbocycles. The molecule has 1 heterocycles. The number of hydrogen-bond acceptors (Lipinski definition) is 4. The maximum atomic E-state index is 6.07. The van der Waals surface area contributed by atoms with Crippen LogP contribution in [-0.2, 0) is 14.2 Å². The van der Waals surface area contributed by atoms with Crippen molar-refractivity contribution in [3.63, 3.8) is 0 Å². The van der Waals surface area contributed by atoms with Crippen LogP contribution in [0.4, 0.5) is 0 Å². The lowest BCUT2D eigenvalue weighted by Gasteiger charge is -2.28. The molecular weight excluding hydrogens is 260 g/mol. The molecule has 0 aliphatic carbocycles. The quantitative estimate of drug-likeness (QED) is 0.564. The summed E-state index contributed by atoms with van der Waals surface area (Å²) in [6, 6.07) is 10.2. The lowest BCUT2D eigenvalue weighted by atomic mass is 10.1. The minimum Gasteiger partial charge on any atom is -0.368 e. The van der Waals surface area contributed by atoms with Crippen molar-refractivity contribution in [3.05, 3.63) is 35.9 Å². The van der Waals surface area contributed by atoms with E-state index in [0.717, 1.165) is 25.0 Å². The molecule has 0 bridgehead atoms. The fourth-order valence-electron chi connectivity index (χ4n) is 2.12. The molecule has 1 fully saturated rings. The predicted molar refractivity (Wildman–Crippen MR) is 78.2 cm³/mol. The molecule has 19 heavy (non-hydrogen) atoms. The molecule has 106 valence electrons. The van der Waals surface area contributed by atoms with E-state index in [-0.39, 0.29) is 12.4 Å². The van der Waals surface area contributed by atoms with Gasteiger partial charge in [0.2, 0.25) is 0 Å². The van der Waals surface area contributed by atoms with Gasteiger partial charge in [-0.05, 0) is 31.1 Å².